The maximum absolute atomic E-state index is 11.6. The van der Waals surface area contributed by atoms with Gasteiger partial charge in [-0.2, -0.15) is 4.31 Å². The highest BCUT2D eigenvalue weighted by atomic mass is 31.3. The standard InChI is InChI=1S/C12H20O15P2/c1-5(13)23-9-8(4-22-29(20,21)27-28(17,18)19)26-12(16)11(25-7(3)15)10(9)24-6(2)14/h8-12,16H,4H2,1-3H3,(H,20,21)(H2,17,18,19)/t8-,9-,10+,11+,12?/m1/s1. The Bertz CT molecular complexity index is 716. The molecule has 0 radical (unpaired) electrons. The lowest BCUT2D eigenvalue weighted by Gasteiger charge is -2.42. The van der Waals surface area contributed by atoms with Gasteiger partial charge in [-0.1, -0.05) is 0 Å². The lowest BCUT2D eigenvalue weighted by molar-refractivity contribution is -0.294. The van der Waals surface area contributed by atoms with Gasteiger partial charge in [0, 0.05) is 20.8 Å². The third kappa shape index (κ3) is 8.86. The second kappa shape index (κ2) is 10.1. The van der Waals surface area contributed by atoms with Crippen LogP contribution in [0.4, 0.5) is 0 Å². The number of aliphatic hydroxyl groups excluding tert-OH is 1. The van der Waals surface area contributed by atoms with E-state index in [0.29, 0.717) is 0 Å². The lowest BCUT2D eigenvalue weighted by Crippen LogP contribution is -2.62. The Morgan fingerprint density at radius 2 is 1.31 bits per heavy atom. The van der Waals surface area contributed by atoms with Crippen LogP contribution >= 0.6 is 15.6 Å². The summed E-state index contributed by atoms with van der Waals surface area (Å²) in [5, 5.41) is 10.1. The molecule has 1 aliphatic heterocycles. The van der Waals surface area contributed by atoms with Gasteiger partial charge in [-0.25, -0.2) is 9.13 Å². The summed E-state index contributed by atoms with van der Waals surface area (Å²) in [4.78, 5) is 60.6. The molecule has 0 amide bonds. The first-order valence-corrected chi connectivity index (χ1v) is 10.7. The molecule has 168 valence electrons. The fraction of sp³-hybridized carbons (Fsp3) is 0.750. The lowest BCUT2D eigenvalue weighted by atomic mass is 9.98. The van der Waals surface area contributed by atoms with Gasteiger partial charge in [0.15, 0.2) is 24.6 Å². The van der Waals surface area contributed by atoms with E-state index in [2.05, 4.69) is 8.83 Å². The van der Waals surface area contributed by atoms with Crippen molar-refractivity contribution in [3.05, 3.63) is 0 Å². The van der Waals surface area contributed by atoms with Crippen LogP contribution in [0.25, 0.3) is 0 Å². The van der Waals surface area contributed by atoms with E-state index in [0.717, 1.165) is 20.8 Å². The highest BCUT2D eigenvalue weighted by molar-refractivity contribution is 7.60. The van der Waals surface area contributed by atoms with Crippen LogP contribution in [0.15, 0.2) is 0 Å². The van der Waals surface area contributed by atoms with Crippen LogP contribution in [0.3, 0.4) is 0 Å². The van der Waals surface area contributed by atoms with E-state index >= 15 is 0 Å². The van der Waals surface area contributed by atoms with Gasteiger partial charge >= 0.3 is 33.6 Å². The molecule has 17 heteroatoms. The smallest absolute Gasteiger partial charge is 0.456 e. The van der Waals surface area contributed by atoms with Crippen LogP contribution in [-0.2, 0) is 51.3 Å². The summed E-state index contributed by atoms with van der Waals surface area (Å²) in [5.74, 6) is -2.76. The normalized spacial score (nSPS) is 29.4. The SMILES string of the molecule is CC(=O)O[C@H]1[C@H](OC(C)=O)[C@@H](COP(=O)(O)OP(=O)(O)O)OC(O)[C@H]1OC(C)=O. The molecule has 0 saturated carbocycles. The minimum absolute atomic E-state index is 0.902. The predicted molar refractivity (Wildman–Crippen MR) is 86.4 cm³/mol. The Balaban J connectivity index is 3.12. The summed E-state index contributed by atoms with van der Waals surface area (Å²) in [6, 6.07) is 0. The predicted octanol–water partition coefficient (Wildman–Crippen LogP) is -1.28. The summed E-state index contributed by atoms with van der Waals surface area (Å²) in [6.07, 6.45) is -8.42. The number of ether oxygens (including phenoxy) is 4. The zero-order valence-corrected chi connectivity index (χ0v) is 17.1. The second-order valence-electron chi connectivity index (χ2n) is 5.62. The summed E-state index contributed by atoms with van der Waals surface area (Å²) in [6.45, 7) is 1.89. The van der Waals surface area contributed by atoms with Crippen molar-refractivity contribution in [3.63, 3.8) is 0 Å². The monoisotopic (exact) mass is 466 g/mol. The molecule has 1 fully saturated rings. The highest BCUT2D eigenvalue weighted by Crippen LogP contribution is 2.57. The Hall–Kier alpha value is -1.41. The number of phosphoric acid groups is 2. The molecule has 0 spiro atoms. The van der Waals surface area contributed by atoms with E-state index in [1.807, 2.05) is 0 Å². The molecular formula is C12H20O15P2. The molecule has 1 rings (SSSR count). The molecular weight excluding hydrogens is 446 g/mol. The number of hydrogen-bond acceptors (Lipinski definition) is 12. The van der Waals surface area contributed by atoms with Gasteiger partial charge in [0.1, 0.15) is 6.10 Å². The maximum atomic E-state index is 11.6. The van der Waals surface area contributed by atoms with Crippen LogP contribution in [0.1, 0.15) is 20.8 Å². The Kier molecular flexibility index (Phi) is 8.90. The van der Waals surface area contributed by atoms with Gasteiger partial charge in [0.05, 0.1) is 6.61 Å². The van der Waals surface area contributed by atoms with Crippen molar-refractivity contribution in [2.75, 3.05) is 6.61 Å². The second-order valence-corrected chi connectivity index (χ2v) is 8.45. The first-order chi connectivity index (χ1) is 13.1. The molecule has 0 aromatic heterocycles. The van der Waals surface area contributed by atoms with Gasteiger partial charge in [0.25, 0.3) is 0 Å². The van der Waals surface area contributed by atoms with Gasteiger partial charge in [-0.3, -0.25) is 18.9 Å². The number of hydrogen-bond donors (Lipinski definition) is 4. The highest BCUT2D eigenvalue weighted by Gasteiger charge is 2.52. The molecule has 2 unspecified atom stereocenters. The number of phosphoric ester groups is 1. The fourth-order valence-electron chi connectivity index (χ4n) is 2.33. The number of esters is 3. The van der Waals surface area contributed by atoms with Crippen LogP contribution < -0.4 is 0 Å². The minimum atomic E-state index is -5.40. The van der Waals surface area contributed by atoms with Crippen molar-refractivity contribution in [2.24, 2.45) is 0 Å². The van der Waals surface area contributed by atoms with Gasteiger partial charge < -0.3 is 38.7 Å². The van der Waals surface area contributed by atoms with E-state index in [1.165, 1.54) is 0 Å². The van der Waals surface area contributed by atoms with E-state index in [1.54, 1.807) is 0 Å². The van der Waals surface area contributed by atoms with Crippen LogP contribution in [-0.4, -0.2) is 75.0 Å². The number of carbonyl (C=O) groups excluding carboxylic acids is 3. The van der Waals surface area contributed by atoms with Crippen molar-refractivity contribution in [1.29, 1.82) is 0 Å². The molecule has 6 atom stereocenters. The van der Waals surface area contributed by atoms with E-state index in [4.69, 9.17) is 28.7 Å². The Morgan fingerprint density at radius 3 is 1.76 bits per heavy atom. The molecule has 0 bridgehead atoms. The fourth-order valence-corrected chi connectivity index (χ4v) is 3.93. The molecule has 15 nitrogen and oxygen atoms in total. The first kappa shape index (κ1) is 25.6. The zero-order valence-electron chi connectivity index (χ0n) is 15.3. The summed E-state index contributed by atoms with van der Waals surface area (Å²) in [5.41, 5.74) is 0. The van der Waals surface area contributed by atoms with Crippen molar-refractivity contribution >= 4 is 33.6 Å². The van der Waals surface area contributed by atoms with Crippen molar-refractivity contribution in [1.82, 2.24) is 0 Å². The quantitative estimate of drug-likeness (QED) is 0.186. The summed E-state index contributed by atoms with van der Waals surface area (Å²) in [7, 11) is -10.7. The van der Waals surface area contributed by atoms with Crippen LogP contribution in [0.2, 0.25) is 0 Å². The minimum Gasteiger partial charge on any atom is -0.456 e. The van der Waals surface area contributed by atoms with E-state index in [9.17, 15) is 33.5 Å². The number of rotatable bonds is 8. The molecule has 1 aliphatic rings. The van der Waals surface area contributed by atoms with E-state index in [-0.39, 0.29) is 0 Å². The van der Waals surface area contributed by atoms with Crippen molar-refractivity contribution in [2.45, 2.75) is 51.5 Å². The average molecular weight is 466 g/mol. The molecule has 4 N–H and O–H groups in total. The molecule has 29 heavy (non-hydrogen) atoms. The molecule has 1 heterocycles. The molecule has 1 saturated heterocycles. The van der Waals surface area contributed by atoms with Gasteiger partial charge in [-0.15, -0.1) is 0 Å². The third-order valence-electron chi connectivity index (χ3n) is 3.13. The van der Waals surface area contributed by atoms with Crippen LogP contribution in [0, 0.1) is 0 Å². The van der Waals surface area contributed by atoms with E-state index < -0.39 is 70.9 Å². The van der Waals surface area contributed by atoms with Crippen molar-refractivity contribution < 1.29 is 71.1 Å². The average Bonchev–Trinajstić information content (AvgIpc) is 2.48. The van der Waals surface area contributed by atoms with Crippen molar-refractivity contribution in [3.8, 4) is 0 Å². The molecule has 0 aromatic carbocycles. The zero-order chi connectivity index (χ0) is 22.6. The third-order valence-corrected chi connectivity index (χ3v) is 5.28. The Morgan fingerprint density at radius 1 is 0.862 bits per heavy atom. The molecule has 0 aliphatic carbocycles. The number of aliphatic hydroxyl groups is 1. The molecule has 0 aromatic rings. The first-order valence-electron chi connectivity index (χ1n) is 7.70. The van der Waals surface area contributed by atoms with Crippen LogP contribution in [0.5, 0.6) is 0 Å². The topological polar surface area (TPSA) is 222 Å². The summed E-state index contributed by atoms with van der Waals surface area (Å²) >= 11 is 0. The number of carbonyl (C=O) groups is 3. The largest absolute Gasteiger partial charge is 0.481 e. The maximum Gasteiger partial charge on any atom is 0.481 e. The summed E-state index contributed by atoms with van der Waals surface area (Å²) < 4.78 is 50.1. The van der Waals surface area contributed by atoms with Gasteiger partial charge in [-0.05, 0) is 0 Å². The van der Waals surface area contributed by atoms with Gasteiger partial charge in [0.2, 0.25) is 0 Å². The Labute approximate surface area is 163 Å².